The third-order valence-corrected chi connectivity index (χ3v) is 2.37. The van der Waals surface area contributed by atoms with Crippen LogP contribution in [0.15, 0.2) is 0 Å². The molecule has 0 saturated heterocycles. The van der Waals surface area contributed by atoms with E-state index in [0.717, 1.165) is 4.43 Å². The van der Waals surface area contributed by atoms with Gasteiger partial charge in [-0.3, -0.25) is 0 Å². The maximum Gasteiger partial charge on any atom is 0.404 e. The zero-order valence-corrected chi connectivity index (χ0v) is 7.38. The van der Waals surface area contributed by atoms with E-state index in [-0.39, 0.29) is 0 Å². The molecule has 0 aromatic carbocycles. The highest BCUT2D eigenvalue weighted by Gasteiger charge is 1.99. The highest BCUT2D eigenvalue weighted by Crippen LogP contribution is 1.97. The fourth-order valence-electron chi connectivity index (χ4n) is 0.316. The van der Waals surface area contributed by atoms with E-state index in [9.17, 15) is 4.79 Å². The molecule has 3 nitrogen and oxygen atoms in total. The van der Waals surface area contributed by atoms with Crippen molar-refractivity contribution in [3.8, 4) is 0 Å². The number of nitrogens with one attached hydrogen (secondary N) is 1. The summed E-state index contributed by atoms with van der Waals surface area (Å²) >= 11 is 2.23. The van der Waals surface area contributed by atoms with Crippen LogP contribution < -0.4 is 5.32 Å². The van der Waals surface area contributed by atoms with E-state index in [4.69, 9.17) is 5.11 Å². The average Bonchev–Trinajstić information content (AvgIpc) is 1.83. The molecule has 9 heavy (non-hydrogen) atoms. The number of halogens is 1. The Balaban J connectivity index is 3.16. The molecule has 0 aromatic heterocycles. The van der Waals surface area contributed by atoms with Crippen LogP contribution in [0.4, 0.5) is 4.79 Å². The van der Waals surface area contributed by atoms with Gasteiger partial charge in [0.2, 0.25) is 0 Å². The monoisotopic (exact) mass is 243 g/mol. The third kappa shape index (κ3) is 5.88. The maximum atomic E-state index is 9.91. The summed E-state index contributed by atoms with van der Waals surface area (Å²) in [5, 5.41) is 10.5. The lowest BCUT2D eigenvalue weighted by molar-refractivity contribution is 0.193. The normalized spacial score (nSPS) is 12.7. The standard InChI is InChI=1S/C5H10INO2/c1-4(2-6)3-7-5(8)9/h4,7H,2-3H2,1H3,(H,8,9)/t4-/m0/s1. The Kier molecular flexibility index (Phi) is 4.84. The van der Waals surface area contributed by atoms with Crippen molar-refractivity contribution in [2.24, 2.45) is 5.92 Å². The van der Waals surface area contributed by atoms with Crippen molar-refractivity contribution < 1.29 is 9.90 Å². The lowest BCUT2D eigenvalue weighted by atomic mass is 10.2. The second-order valence-corrected chi connectivity index (χ2v) is 2.83. The van der Waals surface area contributed by atoms with Gasteiger partial charge < -0.3 is 10.4 Å². The SMILES string of the molecule is C[C@@H](CI)CNC(=O)O. The highest BCUT2D eigenvalue weighted by atomic mass is 127. The van der Waals surface area contributed by atoms with Crippen LogP contribution >= 0.6 is 22.6 Å². The Hall–Kier alpha value is 0. The number of carboxylic acid groups (broad SMARTS) is 1. The number of rotatable bonds is 3. The first kappa shape index (κ1) is 9.00. The summed E-state index contributed by atoms with van der Waals surface area (Å²) in [6.07, 6.45) is -0.938. The topological polar surface area (TPSA) is 49.3 Å². The smallest absolute Gasteiger partial charge is 0.404 e. The van der Waals surface area contributed by atoms with Crippen molar-refractivity contribution in [1.82, 2.24) is 5.32 Å². The first-order valence-corrected chi connectivity index (χ1v) is 4.22. The minimum absolute atomic E-state index is 0.432. The number of hydrogen-bond donors (Lipinski definition) is 2. The fourth-order valence-corrected chi connectivity index (χ4v) is 0.628. The molecular formula is C5H10INO2. The molecule has 0 aromatic rings. The number of alkyl halides is 1. The van der Waals surface area contributed by atoms with Gasteiger partial charge in [0.05, 0.1) is 0 Å². The van der Waals surface area contributed by atoms with Gasteiger partial charge in [0.1, 0.15) is 0 Å². The van der Waals surface area contributed by atoms with Crippen LogP contribution in [-0.4, -0.2) is 22.2 Å². The number of carbonyl (C=O) groups is 1. The van der Waals surface area contributed by atoms with E-state index in [1.54, 1.807) is 0 Å². The van der Waals surface area contributed by atoms with Gasteiger partial charge in [0.15, 0.2) is 0 Å². The third-order valence-electron chi connectivity index (χ3n) is 0.865. The van der Waals surface area contributed by atoms with E-state index in [1.807, 2.05) is 6.92 Å². The molecule has 0 radical (unpaired) electrons. The Morgan fingerprint density at radius 3 is 2.78 bits per heavy atom. The molecular weight excluding hydrogens is 233 g/mol. The second kappa shape index (κ2) is 4.84. The van der Waals surface area contributed by atoms with Crippen molar-refractivity contribution in [1.29, 1.82) is 0 Å². The molecule has 0 aliphatic rings. The zero-order valence-electron chi connectivity index (χ0n) is 5.22. The molecule has 0 spiro atoms. The van der Waals surface area contributed by atoms with Crippen LogP contribution in [-0.2, 0) is 0 Å². The van der Waals surface area contributed by atoms with E-state index in [1.165, 1.54) is 0 Å². The van der Waals surface area contributed by atoms with Crippen molar-refractivity contribution in [2.45, 2.75) is 6.92 Å². The summed E-state index contributed by atoms with van der Waals surface area (Å²) in [6.45, 7) is 2.56. The molecule has 0 bridgehead atoms. The van der Waals surface area contributed by atoms with Crippen LogP contribution in [0, 0.1) is 5.92 Å². The van der Waals surface area contributed by atoms with Crippen LogP contribution in [0.2, 0.25) is 0 Å². The molecule has 0 aliphatic heterocycles. The van der Waals surface area contributed by atoms with Crippen LogP contribution in [0.5, 0.6) is 0 Å². The van der Waals surface area contributed by atoms with Gasteiger partial charge in [-0.1, -0.05) is 29.5 Å². The molecule has 0 fully saturated rings. The second-order valence-electron chi connectivity index (χ2n) is 1.95. The van der Waals surface area contributed by atoms with Gasteiger partial charge in [-0.2, -0.15) is 0 Å². The highest BCUT2D eigenvalue weighted by molar-refractivity contribution is 14.1. The van der Waals surface area contributed by atoms with Crippen LogP contribution in [0.3, 0.4) is 0 Å². The Bertz CT molecular complexity index is 97.0. The van der Waals surface area contributed by atoms with E-state index in [2.05, 4.69) is 27.9 Å². The molecule has 0 unspecified atom stereocenters. The summed E-state index contributed by atoms with van der Waals surface area (Å²) < 4.78 is 0.984. The maximum absolute atomic E-state index is 9.91. The molecule has 0 aliphatic carbocycles. The zero-order chi connectivity index (χ0) is 7.28. The molecule has 0 saturated carbocycles. The summed E-state index contributed by atoms with van der Waals surface area (Å²) in [5.74, 6) is 0.432. The van der Waals surface area contributed by atoms with Crippen molar-refractivity contribution in [3.05, 3.63) is 0 Å². The van der Waals surface area contributed by atoms with Gasteiger partial charge >= 0.3 is 6.09 Å². The van der Waals surface area contributed by atoms with E-state index in [0.29, 0.717) is 12.5 Å². The van der Waals surface area contributed by atoms with Crippen LogP contribution in [0.1, 0.15) is 6.92 Å². The Morgan fingerprint density at radius 1 is 1.89 bits per heavy atom. The number of amides is 1. The lowest BCUT2D eigenvalue weighted by Crippen LogP contribution is -2.26. The summed E-state index contributed by atoms with van der Waals surface area (Å²) in [6, 6.07) is 0. The average molecular weight is 243 g/mol. The molecule has 1 atom stereocenters. The molecule has 54 valence electrons. The fraction of sp³-hybridized carbons (Fsp3) is 0.800. The van der Waals surface area contributed by atoms with Gasteiger partial charge in [-0.15, -0.1) is 0 Å². The van der Waals surface area contributed by atoms with E-state index >= 15 is 0 Å². The predicted molar refractivity (Wildman–Crippen MR) is 44.1 cm³/mol. The molecule has 1 amide bonds. The van der Waals surface area contributed by atoms with E-state index < -0.39 is 6.09 Å². The quantitative estimate of drug-likeness (QED) is 0.580. The van der Waals surface area contributed by atoms with Crippen molar-refractivity contribution >= 4 is 28.7 Å². The molecule has 0 rings (SSSR count). The molecule has 2 N–H and O–H groups in total. The largest absolute Gasteiger partial charge is 0.465 e. The van der Waals surface area contributed by atoms with Gasteiger partial charge in [0, 0.05) is 11.0 Å². The molecule has 0 heterocycles. The van der Waals surface area contributed by atoms with Crippen LogP contribution in [0.25, 0.3) is 0 Å². The minimum Gasteiger partial charge on any atom is -0.465 e. The van der Waals surface area contributed by atoms with Crippen molar-refractivity contribution in [2.75, 3.05) is 11.0 Å². The minimum atomic E-state index is -0.938. The first-order chi connectivity index (χ1) is 4.16. The van der Waals surface area contributed by atoms with Gasteiger partial charge in [0.25, 0.3) is 0 Å². The first-order valence-electron chi connectivity index (χ1n) is 2.69. The Labute approximate surface area is 68.0 Å². The summed E-state index contributed by atoms with van der Waals surface area (Å²) in [4.78, 5) is 9.91. The lowest BCUT2D eigenvalue weighted by Gasteiger charge is -2.05. The summed E-state index contributed by atoms with van der Waals surface area (Å²) in [5.41, 5.74) is 0. The van der Waals surface area contributed by atoms with Gasteiger partial charge in [-0.25, -0.2) is 4.79 Å². The predicted octanol–water partition coefficient (Wildman–Crippen LogP) is 1.33. The number of hydrogen-bond acceptors (Lipinski definition) is 1. The Morgan fingerprint density at radius 2 is 2.44 bits per heavy atom. The summed E-state index contributed by atoms with van der Waals surface area (Å²) in [7, 11) is 0. The van der Waals surface area contributed by atoms with Crippen molar-refractivity contribution in [3.63, 3.8) is 0 Å². The van der Waals surface area contributed by atoms with Gasteiger partial charge in [-0.05, 0) is 5.92 Å². The molecule has 4 heteroatoms.